The average molecular weight is 545 g/mol. The van der Waals surface area contributed by atoms with Gasteiger partial charge in [0.25, 0.3) is 5.91 Å². The summed E-state index contributed by atoms with van der Waals surface area (Å²) < 4.78 is 0. The Morgan fingerprint density at radius 3 is 2.28 bits per heavy atom. The monoisotopic (exact) mass is 544 g/mol. The normalized spacial score (nSPS) is 16.3. The van der Waals surface area contributed by atoms with E-state index in [0.29, 0.717) is 30.4 Å². The third kappa shape index (κ3) is 6.24. The minimum absolute atomic E-state index is 0.0212. The number of piperidine rings is 1. The fourth-order valence-corrected chi connectivity index (χ4v) is 5.23. The summed E-state index contributed by atoms with van der Waals surface area (Å²) >= 11 is 6.04. The Morgan fingerprint density at radius 2 is 1.64 bits per heavy atom. The lowest BCUT2D eigenvalue weighted by atomic mass is 9.89. The van der Waals surface area contributed by atoms with Crippen molar-refractivity contribution in [2.24, 2.45) is 11.0 Å². The van der Waals surface area contributed by atoms with E-state index in [-0.39, 0.29) is 17.7 Å². The molecule has 0 spiro atoms. The van der Waals surface area contributed by atoms with Crippen molar-refractivity contribution in [1.82, 2.24) is 26.7 Å². The largest absolute Gasteiger partial charge is 0.341 e. The van der Waals surface area contributed by atoms with E-state index in [1.165, 1.54) is 5.56 Å². The second-order valence-electron chi connectivity index (χ2n) is 10.3. The Balaban J connectivity index is 1.23. The predicted molar refractivity (Wildman–Crippen MR) is 154 cm³/mol. The molecule has 0 aliphatic carbocycles. The fourth-order valence-electron chi connectivity index (χ4n) is 5.10. The molecule has 202 valence electrons. The van der Waals surface area contributed by atoms with Crippen molar-refractivity contribution in [3.63, 3.8) is 0 Å². The van der Waals surface area contributed by atoms with Crippen LogP contribution in [-0.4, -0.2) is 41.7 Å². The molecular weight excluding hydrogens is 512 g/mol. The van der Waals surface area contributed by atoms with Gasteiger partial charge in [0.05, 0.1) is 0 Å². The van der Waals surface area contributed by atoms with Gasteiger partial charge in [0, 0.05) is 29.2 Å². The molecule has 1 atom stereocenters. The van der Waals surface area contributed by atoms with Gasteiger partial charge in [-0.1, -0.05) is 74.0 Å². The lowest BCUT2D eigenvalue weighted by molar-refractivity contribution is -0.135. The molecule has 0 aromatic heterocycles. The SMILES string of the molecule is CC(C)[C@@H](NC(=O)c1cccc(-c2ccc(C3=NNNN3)cc2)c1)C(=O)N1CCC(c2ccc(Cl)cc2)CC1. The zero-order valence-electron chi connectivity index (χ0n) is 22.1. The number of amidine groups is 1. The van der Waals surface area contributed by atoms with Crippen molar-refractivity contribution in [3.8, 4) is 11.1 Å². The summed E-state index contributed by atoms with van der Waals surface area (Å²) in [7, 11) is 0. The van der Waals surface area contributed by atoms with Crippen molar-refractivity contribution in [2.75, 3.05) is 13.1 Å². The summed E-state index contributed by atoms with van der Waals surface area (Å²) in [5.74, 6) is 0.798. The van der Waals surface area contributed by atoms with Crippen LogP contribution in [0.1, 0.15) is 54.1 Å². The lowest BCUT2D eigenvalue weighted by Gasteiger charge is -2.35. The maximum atomic E-state index is 13.5. The van der Waals surface area contributed by atoms with Crippen LogP contribution in [0.5, 0.6) is 0 Å². The van der Waals surface area contributed by atoms with Crippen molar-refractivity contribution in [2.45, 2.75) is 38.6 Å². The Hall–Kier alpha value is -3.88. The van der Waals surface area contributed by atoms with Gasteiger partial charge >= 0.3 is 0 Å². The number of nitrogens with one attached hydrogen (secondary N) is 4. The minimum Gasteiger partial charge on any atom is -0.341 e. The summed E-state index contributed by atoms with van der Waals surface area (Å²) in [6, 6.07) is 22.8. The molecule has 1 saturated heterocycles. The maximum absolute atomic E-state index is 13.5. The van der Waals surface area contributed by atoms with Gasteiger partial charge in [-0.05, 0) is 65.6 Å². The van der Waals surface area contributed by atoms with E-state index in [4.69, 9.17) is 11.6 Å². The predicted octanol–water partition coefficient (Wildman–Crippen LogP) is 4.44. The average Bonchev–Trinajstić information content (AvgIpc) is 3.51. The molecule has 5 rings (SSSR count). The molecule has 9 heteroatoms. The lowest BCUT2D eigenvalue weighted by Crippen LogP contribution is -2.52. The molecule has 2 aliphatic heterocycles. The van der Waals surface area contributed by atoms with Crippen LogP contribution in [0, 0.1) is 5.92 Å². The van der Waals surface area contributed by atoms with Crippen LogP contribution in [0.4, 0.5) is 0 Å². The molecule has 3 aromatic rings. The number of rotatable bonds is 7. The molecule has 3 aromatic carbocycles. The number of carbonyl (C=O) groups is 2. The first-order chi connectivity index (χ1) is 18.9. The van der Waals surface area contributed by atoms with E-state index in [0.717, 1.165) is 34.6 Å². The summed E-state index contributed by atoms with van der Waals surface area (Å²) in [5.41, 5.74) is 12.9. The van der Waals surface area contributed by atoms with E-state index in [1.807, 2.05) is 73.3 Å². The molecule has 39 heavy (non-hydrogen) atoms. The van der Waals surface area contributed by atoms with Crippen LogP contribution in [0.2, 0.25) is 5.02 Å². The van der Waals surface area contributed by atoms with Crippen LogP contribution in [0.25, 0.3) is 11.1 Å². The van der Waals surface area contributed by atoms with Gasteiger partial charge in [-0.15, -0.1) is 10.6 Å². The van der Waals surface area contributed by atoms with Gasteiger partial charge in [-0.2, -0.15) is 0 Å². The Morgan fingerprint density at radius 1 is 0.949 bits per heavy atom. The summed E-state index contributed by atoms with van der Waals surface area (Å²) in [6.07, 6.45) is 1.78. The van der Waals surface area contributed by atoms with Gasteiger partial charge in [0.15, 0.2) is 5.84 Å². The smallest absolute Gasteiger partial charge is 0.251 e. The van der Waals surface area contributed by atoms with E-state index in [9.17, 15) is 9.59 Å². The molecule has 0 saturated carbocycles. The highest BCUT2D eigenvalue weighted by Crippen LogP contribution is 2.29. The Kier molecular flexibility index (Phi) is 8.14. The molecular formula is C30H33ClN6O2. The van der Waals surface area contributed by atoms with E-state index < -0.39 is 6.04 Å². The number of hydrogen-bond acceptors (Lipinski definition) is 6. The number of hydrazone groups is 1. The van der Waals surface area contributed by atoms with Crippen LogP contribution < -0.4 is 21.8 Å². The second-order valence-corrected chi connectivity index (χ2v) is 10.8. The molecule has 8 nitrogen and oxygen atoms in total. The topological polar surface area (TPSA) is 97.9 Å². The molecule has 2 amide bonds. The second kappa shape index (κ2) is 11.9. The number of hydrazine groups is 2. The van der Waals surface area contributed by atoms with E-state index >= 15 is 0 Å². The van der Waals surface area contributed by atoms with Gasteiger partial charge in [-0.3, -0.25) is 15.0 Å². The Bertz CT molecular complexity index is 1350. The molecule has 0 radical (unpaired) electrons. The summed E-state index contributed by atoms with van der Waals surface area (Å²) in [4.78, 5) is 28.7. The number of likely N-dealkylation sites (tertiary alicyclic amines) is 1. The highest BCUT2D eigenvalue weighted by molar-refractivity contribution is 6.30. The molecule has 1 fully saturated rings. The highest BCUT2D eigenvalue weighted by atomic mass is 35.5. The maximum Gasteiger partial charge on any atom is 0.251 e. The molecule has 2 heterocycles. The number of amides is 2. The van der Waals surface area contributed by atoms with Gasteiger partial charge in [0.1, 0.15) is 6.04 Å². The van der Waals surface area contributed by atoms with Crippen LogP contribution in [0.15, 0.2) is 77.9 Å². The molecule has 4 N–H and O–H groups in total. The van der Waals surface area contributed by atoms with Gasteiger partial charge in [0.2, 0.25) is 5.91 Å². The van der Waals surface area contributed by atoms with Crippen molar-refractivity contribution < 1.29 is 9.59 Å². The van der Waals surface area contributed by atoms with Crippen molar-refractivity contribution >= 4 is 29.3 Å². The van der Waals surface area contributed by atoms with Crippen molar-refractivity contribution in [3.05, 3.63) is 94.5 Å². The minimum atomic E-state index is -0.588. The number of carbonyl (C=O) groups excluding carboxylic acids is 2. The van der Waals surface area contributed by atoms with Crippen LogP contribution >= 0.6 is 11.6 Å². The number of halogens is 1. The molecule has 0 bridgehead atoms. The van der Waals surface area contributed by atoms with Gasteiger partial charge < -0.3 is 10.2 Å². The first-order valence-corrected chi connectivity index (χ1v) is 13.7. The standard InChI is InChI=1S/C30H33ClN6O2/c1-19(2)27(30(39)37-16-14-22(15-17-37)20-10-12-26(31)13-11-20)32-29(38)25-5-3-4-24(18-25)21-6-8-23(9-7-21)28-33-35-36-34-28/h3-13,18-19,22,27,35-36H,14-17H2,1-2H3,(H,32,38)(H,33,34)/t27-/m1/s1. The summed E-state index contributed by atoms with van der Waals surface area (Å²) in [6.45, 7) is 5.28. The molecule has 2 aliphatic rings. The van der Waals surface area contributed by atoms with E-state index in [2.05, 4.69) is 39.0 Å². The van der Waals surface area contributed by atoms with Crippen molar-refractivity contribution in [1.29, 1.82) is 0 Å². The first-order valence-electron chi connectivity index (χ1n) is 13.3. The summed E-state index contributed by atoms with van der Waals surface area (Å²) in [5, 5.41) is 7.86. The molecule has 0 unspecified atom stereocenters. The third-order valence-corrected chi connectivity index (χ3v) is 7.64. The number of nitrogens with zero attached hydrogens (tertiary/aromatic N) is 2. The zero-order valence-corrected chi connectivity index (χ0v) is 22.8. The number of benzene rings is 3. The van der Waals surface area contributed by atoms with Crippen LogP contribution in [-0.2, 0) is 4.79 Å². The first kappa shape index (κ1) is 26.7. The Labute approximate surface area is 233 Å². The third-order valence-electron chi connectivity index (χ3n) is 7.39. The van der Waals surface area contributed by atoms with Gasteiger partial charge in [-0.25, -0.2) is 5.53 Å². The van der Waals surface area contributed by atoms with Crippen LogP contribution in [0.3, 0.4) is 0 Å². The zero-order chi connectivity index (χ0) is 27.4. The number of hydrogen-bond donors (Lipinski definition) is 4. The fraction of sp³-hybridized carbons (Fsp3) is 0.300. The highest BCUT2D eigenvalue weighted by Gasteiger charge is 2.32. The quantitative estimate of drug-likeness (QED) is 0.352. The van der Waals surface area contributed by atoms with E-state index in [1.54, 1.807) is 6.07 Å².